The second kappa shape index (κ2) is 7.96. The minimum Gasteiger partial charge on any atom is -0.465 e. The van der Waals surface area contributed by atoms with Gasteiger partial charge in [0, 0.05) is 11.4 Å². The second-order valence-electron chi connectivity index (χ2n) is 5.59. The van der Waals surface area contributed by atoms with Crippen molar-refractivity contribution in [2.45, 2.75) is 6.92 Å². The molecule has 0 saturated carbocycles. The molecule has 0 atom stereocenters. The Hall–Kier alpha value is -3.26. The van der Waals surface area contributed by atoms with Gasteiger partial charge in [-0.2, -0.15) is 0 Å². The molecule has 0 aliphatic heterocycles. The molecule has 3 rings (SSSR count). The van der Waals surface area contributed by atoms with E-state index in [0.717, 1.165) is 0 Å². The normalized spacial score (nSPS) is 10.3. The van der Waals surface area contributed by atoms with Crippen LogP contribution < -0.4 is 10.6 Å². The van der Waals surface area contributed by atoms with E-state index >= 15 is 0 Å². The van der Waals surface area contributed by atoms with Crippen molar-refractivity contribution in [3.8, 4) is 0 Å². The molecule has 138 valence electrons. The van der Waals surface area contributed by atoms with Gasteiger partial charge in [-0.05, 0) is 55.5 Å². The Balaban J connectivity index is 1.70. The predicted molar refractivity (Wildman–Crippen MR) is 102 cm³/mol. The molecule has 0 bridgehead atoms. The first-order valence-electron chi connectivity index (χ1n) is 7.96. The van der Waals surface area contributed by atoms with Crippen molar-refractivity contribution in [2.24, 2.45) is 0 Å². The molecule has 1 aromatic heterocycles. The van der Waals surface area contributed by atoms with Gasteiger partial charge in [-0.1, -0.05) is 11.3 Å². The molecule has 2 aromatic carbocycles. The average Bonchev–Trinajstić information content (AvgIpc) is 3.04. The summed E-state index contributed by atoms with van der Waals surface area (Å²) in [6, 6.07) is 12.3. The van der Waals surface area contributed by atoms with Gasteiger partial charge in [0.15, 0.2) is 5.13 Å². The van der Waals surface area contributed by atoms with E-state index in [9.17, 15) is 14.0 Å². The number of carbonyl (C=O) groups excluding carboxylic acids is 2. The van der Waals surface area contributed by atoms with Crippen molar-refractivity contribution in [3.05, 3.63) is 70.5 Å². The van der Waals surface area contributed by atoms with Crippen LogP contribution in [0.5, 0.6) is 0 Å². The number of nitrogens with zero attached hydrogens (tertiary/aromatic N) is 1. The van der Waals surface area contributed by atoms with E-state index in [2.05, 4.69) is 20.4 Å². The van der Waals surface area contributed by atoms with E-state index in [-0.39, 0.29) is 11.7 Å². The molecule has 0 aliphatic rings. The first-order valence-corrected chi connectivity index (χ1v) is 8.77. The number of ether oxygens (including phenoxy) is 1. The summed E-state index contributed by atoms with van der Waals surface area (Å²) < 4.78 is 17.6. The smallest absolute Gasteiger partial charge is 0.337 e. The molecule has 3 aromatic rings. The van der Waals surface area contributed by atoms with Gasteiger partial charge in [-0.15, -0.1) is 0 Å². The number of hydrogen-bond acceptors (Lipinski definition) is 6. The molecule has 0 spiro atoms. The summed E-state index contributed by atoms with van der Waals surface area (Å²) in [7, 11) is 1.31. The number of hydrogen-bond donors (Lipinski definition) is 2. The number of benzene rings is 2. The number of nitrogens with one attached hydrogen (secondary N) is 2. The number of aryl methyl sites for hydroxylation is 1. The minimum atomic E-state index is -0.442. The van der Waals surface area contributed by atoms with Crippen LogP contribution in [0.1, 0.15) is 25.7 Å². The van der Waals surface area contributed by atoms with Gasteiger partial charge in [0.2, 0.25) is 0 Å². The van der Waals surface area contributed by atoms with Gasteiger partial charge in [-0.3, -0.25) is 4.79 Å². The third-order valence-electron chi connectivity index (χ3n) is 3.66. The molecule has 6 nitrogen and oxygen atoms in total. The summed E-state index contributed by atoms with van der Waals surface area (Å²) in [5.74, 6) is -1.07. The van der Waals surface area contributed by atoms with Crippen molar-refractivity contribution >= 4 is 39.7 Å². The van der Waals surface area contributed by atoms with Crippen molar-refractivity contribution in [1.29, 1.82) is 0 Å². The fraction of sp³-hybridized carbons (Fsp3) is 0.105. The van der Waals surface area contributed by atoms with Crippen molar-refractivity contribution in [3.63, 3.8) is 0 Å². The SMILES string of the molecule is COC(=O)c1ccc(NC(=O)c2sc(Nc3ccc(F)cc3)nc2C)cc1. The number of esters is 1. The standard InChI is InChI=1S/C19H16FN3O3S/c1-11-16(27-19(21-11)23-15-9-5-13(20)6-10-15)17(24)22-14-7-3-12(4-8-14)18(25)26-2/h3-10H,1-2H3,(H,21,23)(H,22,24). The van der Waals surface area contributed by atoms with E-state index in [1.807, 2.05) is 0 Å². The van der Waals surface area contributed by atoms with Crippen LogP contribution in [-0.4, -0.2) is 24.0 Å². The topological polar surface area (TPSA) is 80.3 Å². The number of rotatable bonds is 5. The molecule has 8 heteroatoms. The molecular formula is C19H16FN3O3S. The average molecular weight is 385 g/mol. The fourth-order valence-corrected chi connectivity index (χ4v) is 3.19. The number of methoxy groups -OCH3 is 1. The van der Waals surface area contributed by atoms with E-state index < -0.39 is 5.97 Å². The summed E-state index contributed by atoms with van der Waals surface area (Å²) in [4.78, 5) is 28.7. The Morgan fingerprint density at radius 1 is 1.04 bits per heavy atom. The van der Waals surface area contributed by atoms with Crippen LogP contribution in [0.3, 0.4) is 0 Å². The Morgan fingerprint density at radius 2 is 1.67 bits per heavy atom. The van der Waals surface area contributed by atoms with Gasteiger partial charge in [0.25, 0.3) is 5.91 Å². The van der Waals surface area contributed by atoms with Gasteiger partial charge < -0.3 is 15.4 Å². The molecule has 0 unspecified atom stereocenters. The van der Waals surface area contributed by atoms with Crippen molar-refractivity contribution in [2.75, 3.05) is 17.7 Å². The number of carbonyl (C=O) groups is 2. The van der Waals surface area contributed by atoms with Crippen molar-refractivity contribution in [1.82, 2.24) is 4.98 Å². The molecule has 0 aliphatic carbocycles. The number of halogens is 1. The zero-order valence-corrected chi connectivity index (χ0v) is 15.4. The van der Waals surface area contributed by atoms with Crippen LogP contribution in [0.25, 0.3) is 0 Å². The van der Waals surface area contributed by atoms with Crippen LogP contribution in [0.15, 0.2) is 48.5 Å². The molecule has 0 saturated heterocycles. The van der Waals surface area contributed by atoms with Gasteiger partial charge in [0.05, 0.1) is 18.4 Å². The number of thiazole rings is 1. The first kappa shape index (κ1) is 18.5. The highest BCUT2D eigenvalue weighted by atomic mass is 32.1. The Morgan fingerprint density at radius 3 is 2.30 bits per heavy atom. The molecule has 1 amide bonds. The lowest BCUT2D eigenvalue weighted by molar-refractivity contribution is 0.0600. The lowest BCUT2D eigenvalue weighted by atomic mass is 10.2. The number of aromatic nitrogens is 1. The minimum absolute atomic E-state index is 0.303. The molecule has 0 fully saturated rings. The summed E-state index contributed by atoms with van der Waals surface area (Å²) >= 11 is 1.20. The molecule has 0 radical (unpaired) electrons. The monoisotopic (exact) mass is 385 g/mol. The molecule has 27 heavy (non-hydrogen) atoms. The zero-order valence-electron chi connectivity index (χ0n) is 14.6. The maximum absolute atomic E-state index is 13.0. The van der Waals surface area contributed by atoms with Crippen LogP contribution in [0, 0.1) is 12.7 Å². The summed E-state index contributed by atoms with van der Waals surface area (Å²) in [5, 5.41) is 6.35. The maximum Gasteiger partial charge on any atom is 0.337 e. The Kier molecular flexibility index (Phi) is 5.46. The van der Waals surface area contributed by atoms with E-state index in [0.29, 0.717) is 32.6 Å². The third-order valence-corrected chi connectivity index (χ3v) is 4.73. The summed E-state index contributed by atoms with van der Waals surface area (Å²) in [5.41, 5.74) is 2.20. The fourth-order valence-electron chi connectivity index (χ4n) is 2.31. The third kappa shape index (κ3) is 4.48. The second-order valence-corrected chi connectivity index (χ2v) is 6.59. The quantitative estimate of drug-likeness (QED) is 0.638. The molecular weight excluding hydrogens is 369 g/mol. The summed E-state index contributed by atoms with van der Waals surface area (Å²) in [6.07, 6.45) is 0. The molecule has 2 N–H and O–H groups in total. The maximum atomic E-state index is 13.0. The van der Waals surface area contributed by atoms with E-state index in [4.69, 9.17) is 0 Å². The number of anilines is 3. The highest BCUT2D eigenvalue weighted by Crippen LogP contribution is 2.26. The zero-order chi connectivity index (χ0) is 19.4. The Labute approximate surface area is 159 Å². The lowest BCUT2D eigenvalue weighted by Crippen LogP contribution is -2.11. The van der Waals surface area contributed by atoms with Crippen LogP contribution in [0.4, 0.5) is 20.9 Å². The van der Waals surface area contributed by atoms with Crippen LogP contribution >= 0.6 is 11.3 Å². The molecule has 1 heterocycles. The van der Waals surface area contributed by atoms with Gasteiger partial charge in [-0.25, -0.2) is 14.2 Å². The lowest BCUT2D eigenvalue weighted by Gasteiger charge is -2.05. The van der Waals surface area contributed by atoms with Crippen LogP contribution in [0.2, 0.25) is 0 Å². The number of amides is 1. The first-order chi connectivity index (χ1) is 13.0. The van der Waals surface area contributed by atoms with Gasteiger partial charge in [0.1, 0.15) is 10.7 Å². The van der Waals surface area contributed by atoms with Crippen LogP contribution in [-0.2, 0) is 4.74 Å². The summed E-state index contributed by atoms with van der Waals surface area (Å²) in [6.45, 7) is 1.74. The largest absolute Gasteiger partial charge is 0.465 e. The van der Waals surface area contributed by atoms with Crippen molar-refractivity contribution < 1.29 is 18.7 Å². The van der Waals surface area contributed by atoms with Gasteiger partial charge >= 0.3 is 5.97 Å². The highest BCUT2D eigenvalue weighted by molar-refractivity contribution is 7.17. The predicted octanol–water partition coefficient (Wildman–Crippen LogP) is 4.37. The Bertz CT molecular complexity index is 969. The van der Waals surface area contributed by atoms with E-state index in [1.165, 1.54) is 30.6 Å². The highest BCUT2D eigenvalue weighted by Gasteiger charge is 2.16. The van der Waals surface area contributed by atoms with E-state index in [1.54, 1.807) is 43.3 Å².